The van der Waals surface area contributed by atoms with Crippen molar-refractivity contribution < 1.29 is 14.3 Å². The fourth-order valence-electron chi connectivity index (χ4n) is 2.09. The smallest absolute Gasteiger partial charge is 0.243 e. The summed E-state index contributed by atoms with van der Waals surface area (Å²) < 4.78 is 10.4. The predicted molar refractivity (Wildman–Crippen MR) is 71.9 cm³/mol. The maximum Gasteiger partial charge on any atom is 0.243 e. The Balaban J connectivity index is 2.03. The molecule has 5 nitrogen and oxygen atoms in total. The quantitative estimate of drug-likeness (QED) is 0.850. The van der Waals surface area contributed by atoms with E-state index in [9.17, 15) is 4.79 Å². The molecule has 0 radical (unpaired) electrons. The number of hydrogen-bond acceptors (Lipinski definition) is 4. The number of ether oxygens (including phenoxy) is 2. The largest absolute Gasteiger partial charge is 0.497 e. The highest BCUT2D eigenvalue weighted by Gasteiger charge is 2.38. The molecule has 19 heavy (non-hydrogen) atoms. The number of benzene rings is 1. The third kappa shape index (κ3) is 3.05. The first kappa shape index (κ1) is 13.8. The van der Waals surface area contributed by atoms with Gasteiger partial charge in [-0.2, -0.15) is 0 Å². The lowest BCUT2D eigenvalue weighted by Crippen LogP contribution is -2.54. The number of rotatable bonds is 4. The highest BCUT2D eigenvalue weighted by atomic mass is 16.5. The SMILES string of the molecule is COc1cccc(C(C)NC(=O)C2(N)CCOC2)c1. The number of amides is 1. The number of nitrogens with one attached hydrogen (secondary N) is 1. The molecule has 0 saturated carbocycles. The number of hydrogen-bond donors (Lipinski definition) is 2. The van der Waals surface area contributed by atoms with E-state index in [-0.39, 0.29) is 18.6 Å². The molecule has 0 aliphatic carbocycles. The highest BCUT2D eigenvalue weighted by molar-refractivity contribution is 5.86. The third-order valence-corrected chi connectivity index (χ3v) is 3.45. The van der Waals surface area contributed by atoms with E-state index in [1.54, 1.807) is 7.11 Å². The van der Waals surface area contributed by atoms with Crippen molar-refractivity contribution in [3.63, 3.8) is 0 Å². The van der Waals surface area contributed by atoms with Gasteiger partial charge in [0.2, 0.25) is 5.91 Å². The Kier molecular flexibility index (Phi) is 4.07. The first-order chi connectivity index (χ1) is 9.05. The molecule has 5 heteroatoms. The zero-order valence-electron chi connectivity index (χ0n) is 11.3. The molecule has 1 aliphatic rings. The first-order valence-corrected chi connectivity index (χ1v) is 6.37. The Hall–Kier alpha value is -1.59. The van der Waals surface area contributed by atoms with Crippen LogP contribution in [0.2, 0.25) is 0 Å². The van der Waals surface area contributed by atoms with E-state index in [4.69, 9.17) is 15.2 Å². The second-order valence-corrected chi connectivity index (χ2v) is 4.93. The summed E-state index contributed by atoms with van der Waals surface area (Å²) in [4.78, 5) is 12.2. The zero-order chi connectivity index (χ0) is 13.9. The Morgan fingerprint density at radius 2 is 2.37 bits per heavy atom. The van der Waals surface area contributed by atoms with Crippen molar-refractivity contribution in [2.24, 2.45) is 5.73 Å². The highest BCUT2D eigenvalue weighted by Crippen LogP contribution is 2.21. The summed E-state index contributed by atoms with van der Waals surface area (Å²) >= 11 is 0. The van der Waals surface area contributed by atoms with Crippen LogP contribution in [0.5, 0.6) is 5.75 Å². The first-order valence-electron chi connectivity index (χ1n) is 6.37. The number of nitrogens with two attached hydrogens (primary N) is 1. The van der Waals surface area contributed by atoms with Gasteiger partial charge in [-0.25, -0.2) is 0 Å². The summed E-state index contributed by atoms with van der Waals surface area (Å²) in [5.41, 5.74) is 6.11. The molecule has 1 amide bonds. The fourth-order valence-corrected chi connectivity index (χ4v) is 2.09. The zero-order valence-corrected chi connectivity index (χ0v) is 11.3. The lowest BCUT2D eigenvalue weighted by atomic mass is 9.98. The standard InChI is InChI=1S/C14H20N2O3/c1-10(11-4-3-5-12(8-11)18-2)16-13(17)14(15)6-7-19-9-14/h3-5,8,10H,6-7,9,15H2,1-2H3,(H,16,17). The lowest BCUT2D eigenvalue weighted by Gasteiger charge is -2.24. The van der Waals surface area contributed by atoms with Crippen molar-refractivity contribution in [1.29, 1.82) is 0 Å². The molecule has 2 atom stereocenters. The van der Waals surface area contributed by atoms with Gasteiger partial charge in [-0.05, 0) is 31.0 Å². The molecule has 1 saturated heterocycles. The van der Waals surface area contributed by atoms with Gasteiger partial charge in [0.1, 0.15) is 11.3 Å². The van der Waals surface area contributed by atoms with Crippen LogP contribution in [0.15, 0.2) is 24.3 Å². The molecule has 2 unspecified atom stereocenters. The molecule has 0 spiro atoms. The van der Waals surface area contributed by atoms with E-state index in [1.807, 2.05) is 31.2 Å². The normalized spacial score (nSPS) is 23.9. The Bertz CT molecular complexity index is 456. The van der Waals surface area contributed by atoms with Crippen LogP contribution in [0, 0.1) is 0 Å². The van der Waals surface area contributed by atoms with Crippen LogP contribution in [0.25, 0.3) is 0 Å². The van der Waals surface area contributed by atoms with Gasteiger partial charge < -0.3 is 20.5 Å². The maximum atomic E-state index is 12.2. The van der Waals surface area contributed by atoms with Crippen molar-refractivity contribution in [1.82, 2.24) is 5.32 Å². The van der Waals surface area contributed by atoms with Crippen LogP contribution in [0.3, 0.4) is 0 Å². The average molecular weight is 264 g/mol. The molecule has 104 valence electrons. The molecule has 1 aromatic carbocycles. The van der Waals surface area contributed by atoms with Crippen molar-refractivity contribution in [2.45, 2.75) is 24.9 Å². The summed E-state index contributed by atoms with van der Waals surface area (Å²) in [6, 6.07) is 7.49. The topological polar surface area (TPSA) is 73.6 Å². The van der Waals surface area contributed by atoms with Gasteiger partial charge >= 0.3 is 0 Å². The minimum Gasteiger partial charge on any atom is -0.497 e. The second-order valence-electron chi connectivity index (χ2n) is 4.93. The molecule has 0 aromatic heterocycles. The minimum absolute atomic E-state index is 0.122. The van der Waals surface area contributed by atoms with Gasteiger partial charge in [-0.15, -0.1) is 0 Å². The van der Waals surface area contributed by atoms with E-state index >= 15 is 0 Å². The summed E-state index contributed by atoms with van der Waals surface area (Å²) in [6.07, 6.45) is 0.559. The molecule has 1 fully saturated rings. The van der Waals surface area contributed by atoms with E-state index in [0.717, 1.165) is 11.3 Å². The molecule has 1 aromatic rings. The number of carbonyl (C=O) groups excluding carboxylic acids is 1. The van der Waals surface area contributed by atoms with Crippen LogP contribution < -0.4 is 15.8 Å². The van der Waals surface area contributed by atoms with Crippen molar-refractivity contribution in [3.8, 4) is 5.75 Å². The van der Waals surface area contributed by atoms with Gasteiger partial charge in [0.25, 0.3) is 0 Å². The average Bonchev–Trinajstić information content (AvgIpc) is 2.87. The molecule has 0 bridgehead atoms. The summed E-state index contributed by atoms with van der Waals surface area (Å²) in [6.45, 7) is 2.74. The fraction of sp³-hybridized carbons (Fsp3) is 0.500. The van der Waals surface area contributed by atoms with Crippen LogP contribution in [-0.2, 0) is 9.53 Å². The van der Waals surface area contributed by atoms with Crippen LogP contribution in [0.1, 0.15) is 24.9 Å². The van der Waals surface area contributed by atoms with Crippen molar-refractivity contribution >= 4 is 5.91 Å². The number of carbonyl (C=O) groups is 1. The van der Waals surface area contributed by atoms with Gasteiger partial charge in [0.05, 0.1) is 19.8 Å². The molecular formula is C14H20N2O3. The Labute approximate surface area is 113 Å². The molecule has 1 heterocycles. The van der Waals surface area contributed by atoms with E-state index < -0.39 is 5.54 Å². The molecular weight excluding hydrogens is 244 g/mol. The van der Waals surface area contributed by atoms with Gasteiger partial charge in [0.15, 0.2) is 0 Å². The lowest BCUT2D eigenvalue weighted by molar-refractivity contribution is -0.127. The van der Waals surface area contributed by atoms with E-state index in [0.29, 0.717) is 13.0 Å². The van der Waals surface area contributed by atoms with Gasteiger partial charge in [0, 0.05) is 6.61 Å². The van der Waals surface area contributed by atoms with Gasteiger partial charge in [-0.1, -0.05) is 12.1 Å². The van der Waals surface area contributed by atoms with Crippen molar-refractivity contribution in [3.05, 3.63) is 29.8 Å². The summed E-state index contributed by atoms with van der Waals surface area (Å²) in [5.74, 6) is 0.602. The molecule has 2 rings (SSSR count). The summed E-state index contributed by atoms with van der Waals surface area (Å²) in [5, 5.41) is 2.93. The summed E-state index contributed by atoms with van der Waals surface area (Å²) in [7, 11) is 1.62. The second kappa shape index (κ2) is 5.59. The maximum absolute atomic E-state index is 12.2. The third-order valence-electron chi connectivity index (χ3n) is 3.45. The predicted octanol–water partition coefficient (Wildman–Crippen LogP) is 0.990. The monoisotopic (exact) mass is 264 g/mol. The molecule has 3 N–H and O–H groups in total. The number of methoxy groups -OCH3 is 1. The Morgan fingerprint density at radius 3 is 3.00 bits per heavy atom. The van der Waals surface area contributed by atoms with E-state index in [1.165, 1.54) is 0 Å². The minimum atomic E-state index is -0.896. The molecule has 1 aliphatic heterocycles. The Morgan fingerprint density at radius 1 is 1.58 bits per heavy atom. The van der Waals surface area contributed by atoms with Crippen LogP contribution in [-0.4, -0.2) is 31.8 Å². The van der Waals surface area contributed by atoms with Crippen LogP contribution in [0.4, 0.5) is 0 Å². The van der Waals surface area contributed by atoms with Crippen molar-refractivity contribution in [2.75, 3.05) is 20.3 Å². The van der Waals surface area contributed by atoms with E-state index in [2.05, 4.69) is 5.32 Å². The van der Waals surface area contributed by atoms with Crippen LogP contribution >= 0.6 is 0 Å². The van der Waals surface area contributed by atoms with Gasteiger partial charge in [-0.3, -0.25) is 4.79 Å².